The highest BCUT2D eigenvalue weighted by Crippen LogP contribution is 2.36. The Morgan fingerprint density at radius 3 is 2.33 bits per heavy atom. The summed E-state index contributed by atoms with van der Waals surface area (Å²) in [6.07, 6.45) is 10.3. The smallest absolute Gasteiger partial charge is 0.132 e. The van der Waals surface area contributed by atoms with Crippen LogP contribution in [0.15, 0.2) is 63.4 Å². The molecular formula is C24H39NO2. The van der Waals surface area contributed by atoms with Crippen LogP contribution >= 0.6 is 0 Å². The first-order valence-electron chi connectivity index (χ1n) is 10.3. The molecule has 3 rings (SSSR count). The van der Waals surface area contributed by atoms with Gasteiger partial charge in [-0.25, -0.2) is 0 Å². The van der Waals surface area contributed by atoms with Gasteiger partial charge in [-0.15, -0.1) is 0 Å². The average molecular weight is 374 g/mol. The quantitative estimate of drug-likeness (QED) is 0.509. The molecule has 1 fully saturated rings. The largest absolute Gasteiger partial charge is 0.467 e. The summed E-state index contributed by atoms with van der Waals surface area (Å²) in [5, 5.41) is 0. The highest BCUT2D eigenvalue weighted by Gasteiger charge is 2.31. The Kier molecular flexibility index (Phi) is 13.2. The first-order valence-corrected chi connectivity index (χ1v) is 10.3. The minimum Gasteiger partial charge on any atom is -0.467 e. The third-order valence-electron chi connectivity index (χ3n) is 4.28. The first-order chi connectivity index (χ1) is 13.0. The van der Waals surface area contributed by atoms with Crippen molar-refractivity contribution in [1.29, 1.82) is 0 Å². The molecule has 152 valence electrons. The number of ether oxygens (including phenoxy) is 1. The van der Waals surface area contributed by atoms with Gasteiger partial charge < -0.3 is 9.15 Å². The molecule has 0 aromatic carbocycles. The van der Waals surface area contributed by atoms with Gasteiger partial charge in [-0.1, -0.05) is 53.3 Å². The lowest BCUT2D eigenvalue weighted by molar-refractivity contribution is 0.0354. The van der Waals surface area contributed by atoms with Gasteiger partial charge in [0.25, 0.3) is 0 Å². The van der Waals surface area contributed by atoms with Crippen LogP contribution in [0.4, 0.5) is 0 Å². The summed E-state index contributed by atoms with van der Waals surface area (Å²) >= 11 is 0. The lowest BCUT2D eigenvalue weighted by atomic mass is 10.0. The van der Waals surface area contributed by atoms with Gasteiger partial charge in [0, 0.05) is 12.6 Å². The summed E-state index contributed by atoms with van der Waals surface area (Å²) in [6, 6.07) is 3.89. The van der Waals surface area contributed by atoms with E-state index in [1.54, 1.807) is 6.26 Å². The van der Waals surface area contributed by atoms with Crippen molar-refractivity contribution in [3.8, 4) is 0 Å². The third-order valence-corrected chi connectivity index (χ3v) is 4.28. The second-order valence-corrected chi connectivity index (χ2v) is 6.19. The maximum atomic E-state index is 5.72. The Morgan fingerprint density at radius 2 is 1.89 bits per heavy atom. The Labute approximate surface area is 166 Å². The molecule has 3 nitrogen and oxygen atoms in total. The van der Waals surface area contributed by atoms with Crippen molar-refractivity contribution in [2.45, 2.75) is 80.4 Å². The summed E-state index contributed by atoms with van der Waals surface area (Å²) in [5.41, 5.74) is 3.43. The third kappa shape index (κ3) is 8.13. The van der Waals surface area contributed by atoms with E-state index in [0.29, 0.717) is 12.0 Å². The van der Waals surface area contributed by atoms with E-state index < -0.39 is 0 Å². The van der Waals surface area contributed by atoms with Crippen LogP contribution in [0.1, 0.15) is 80.1 Å². The molecule has 1 aliphatic carbocycles. The van der Waals surface area contributed by atoms with Crippen molar-refractivity contribution >= 4 is 6.21 Å². The van der Waals surface area contributed by atoms with E-state index in [2.05, 4.69) is 37.6 Å². The molecule has 1 aliphatic heterocycles. The maximum absolute atomic E-state index is 5.72. The number of rotatable bonds is 3. The number of allylic oxidation sites excluding steroid dienone is 4. The number of aliphatic imine (C=N–C) groups is 1. The van der Waals surface area contributed by atoms with Crippen molar-refractivity contribution < 1.29 is 9.15 Å². The number of nitrogens with zero attached hydrogens (tertiary/aromatic N) is 1. The summed E-state index contributed by atoms with van der Waals surface area (Å²) in [6.45, 7) is 20.2. The lowest BCUT2D eigenvalue weighted by Crippen LogP contribution is -2.06. The molecular weight excluding hydrogens is 334 g/mol. The van der Waals surface area contributed by atoms with Crippen LogP contribution in [0.5, 0.6) is 0 Å². The molecule has 3 atom stereocenters. The monoisotopic (exact) mass is 373 g/mol. The Balaban J connectivity index is 0.000000425. The maximum Gasteiger partial charge on any atom is 0.132 e. The minimum absolute atomic E-state index is 0.185. The van der Waals surface area contributed by atoms with Gasteiger partial charge in [-0.3, -0.25) is 4.99 Å². The van der Waals surface area contributed by atoms with Gasteiger partial charge in [0.1, 0.15) is 11.9 Å². The topological polar surface area (TPSA) is 34.7 Å². The normalized spacial score (nSPS) is 23.2. The number of hydrogen-bond acceptors (Lipinski definition) is 3. The highest BCUT2D eigenvalue weighted by atomic mass is 16.5. The van der Waals surface area contributed by atoms with Gasteiger partial charge in [0.15, 0.2) is 0 Å². The second kappa shape index (κ2) is 14.2. The van der Waals surface area contributed by atoms with Gasteiger partial charge in [-0.05, 0) is 56.4 Å². The zero-order chi connectivity index (χ0) is 20.8. The molecule has 0 spiro atoms. The molecule has 27 heavy (non-hydrogen) atoms. The predicted octanol–water partition coefficient (Wildman–Crippen LogP) is 7.69. The van der Waals surface area contributed by atoms with Crippen molar-refractivity contribution in [1.82, 2.24) is 0 Å². The van der Waals surface area contributed by atoms with E-state index in [1.165, 1.54) is 5.57 Å². The second-order valence-electron chi connectivity index (χ2n) is 6.19. The van der Waals surface area contributed by atoms with Crippen LogP contribution in [0.25, 0.3) is 0 Å². The molecule has 2 heterocycles. The van der Waals surface area contributed by atoms with Gasteiger partial charge >= 0.3 is 0 Å². The van der Waals surface area contributed by atoms with Gasteiger partial charge in [-0.2, -0.15) is 0 Å². The molecule has 0 unspecified atom stereocenters. The van der Waals surface area contributed by atoms with Crippen LogP contribution in [0.3, 0.4) is 0 Å². The van der Waals surface area contributed by atoms with E-state index >= 15 is 0 Å². The van der Waals surface area contributed by atoms with Crippen molar-refractivity contribution in [3.63, 3.8) is 0 Å². The zero-order valence-corrected chi connectivity index (χ0v) is 18.6. The van der Waals surface area contributed by atoms with Crippen LogP contribution in [0.2, 0.25) is 0 Å². The van der Waals surface area contributed by atoms with E-state index in [-0.39, 0.29) is 6.10 Å². The Hall–Kier alpha value is -1.87. The van der Waals surface area contributed by atoms with E-state index in [0.717, 1.165) is 29.9 Å². The van der Waals surface area contributed by atoms with Crippen molar-refractivity contribution in [3.05, 3.63) is 59.7 Å². The molecule has 1 saturated heterocycles. The van der Waals surface area contributed by atoms with Gasteiger partial charge in [0.05, 0.1) is 18.1 Å². The molecule has 0 radical (unpaired) electrons. The van der Waals surface area contributed by atoms with Crippen molar-refractivity contribution in [2.75, 3.05) is 0 Å². The molecule has 3 heteroatoms. The Morgan fingerprint density at radius 1 is 1.22 bits per heavy atom. The average Bonchev–Trinajstić information content (AvgIpc) is 3.42. The zero-order valence-electron chi connectivity index (χ0n) is 18.6. The summed E-state index contributed by atoms with van der Waals surface area (Å²) < 4.78 is 11.0. The molecule has 0 bridgehead atoms. The molecule has 0 N–H and O–H groups in total. The molecule has 1 aromatic rings. The molecule has 1 aromatic heterocycles. The summed E-state index contributed by atoms with van der Waals surface area (Å²) in [4.78, 5) is 4.26. The lowest BCUT2D eigenvalue weighted by Gasteiger charge is -2.07. The predicted molar refractivity (Wildman–Crippen MR) is 118 cm³/mol. The first kappa shape index (κ1) is 25.1. The van der Waals surface area contributed by atoms with Crippen LogP contribution in [-0.2, 0) is 4.74 Å². The van der Waals surface area contributed by atoms with Gasteiger partial charge in [0.2, 0.25) is 0 Å². The highest BCUT2D eigenvalue weighted by molar-refractivity contribution is 5.58. The fourth-order valence-electron chi connectivity index (χ4n) is 2.80. The van der Waals surface area contributed by atoms with Crippen LogP contribution in [-0.4, -0.2) is 12.3 Å². The van der Waals surface area contributed by atoms with Crippen molar-refractivity contribution in [2.24, 2.45) is 10.9 Å². The van der Waals surface area contributed by atoms with E-state index in [1.807, 2.05) is 59.9 Å². The Bertz CT molecular complexity index is 598. The fraction of sp³-hybridized carbons (Fsp3) is 0.542. The minimum atomic E-state index is 0.185. The summed E-state index contributed by atoms with van der Waals surface area (Å²) in [7, 11) is 0. The summed E-state index contributed by atoms with van der Waals surface area (Å²) in [5.74, 6) is 1.60. The number of hydrogen-bond donors (Lipinski definition) is 0. The molecule has 2 aliphatic rings. The molecule has 0 saturated carbocycles. The van der Waals surface area contributed by atoms with E-state index in [9.17, 15) is 0 Å². The SMILES string of the molecule is C=C(C)C1=C(N=CC)CC=C1.CC.CC.C[C@@H]1C[C@H](c2ccco2)O[C@H]1C. The standard InChI is InChI=1S/C10H13N.C10H14O2.2C2H6/c1-4-11-10-7-5-6-9(10)8(2)3;1-7-6-10(12-8(7)2)9-4-3-5-11-9;2*1-2/h4-6H,2,7H2,1,3H3;3-5,7-8,10H,6H2,1-2H3;2*1-2H3/t;7-,8+,10-;;/m.1../s1. The molecule has 0 amide bonds. The van der Waals surface area contributed by atoms with Crippen LogP contribution < -0.4 is 0 Å². The van der Waals surface area contributed by atoms with E-state index in [4.69, 9.17) is 9.15 Å². The fourth-order valence-corrected chi connectivity index (χ4v) is 2.80. The number of furan rings is 1. The van der Waals surface area contributed by atoms with Crippen LogP contribution in [0, 0.1) is 5.92 Å².